The van der Waals surface area contributed by atoms with Gasteiger partial charge in [0.05, 0.1) is 0 Å². The molecule has 0 saturated heterocycles. The zero-order valence-electron chi connectivity index (χ0n) is 8.12. The molecule has 1 amide bonds. The largest absolute Gasteiger partial charge is 0.375 e. The third-order valence-corrected chi connectivity index (χ3v) is 1.75. The number of anilines is 1. The summed E-state index contributed by atoms with van der Waals surface area (Å²) in [5.74, 6) is -0.159. The first-order valence-corrected chi connectivity index (χ1v) is 4.34. The van der Waals surface area contributed by atoms with Crippen LogP contribution >= 0.6 is 0 Å². The smallest absolute Gasteiger partial charge is 0.250 e. The van der Waals surface area contributed by atoms with Crippen LogP contribution in [0.3, 0.4) is 0 Å². The Labute approximate surface area is 83.1 Å². The number of hydrogen-bond acceptors (Lipinski definition) is 3. The van der Waals surface area contributed by atoms with E-state index < -0.39 is 0 Å². The van der Waals surface area contributed by atoms with Crippen molar-refractivity contribution in [2.75, 3.05) is 19.0 Å². The van der Waals surface area contributed by atoms with Crippen LogP contribution < -0.4 is 11.1 Å². The Morgan fingerprint density at radius 2 is 2.07 bits per heavy atom. The second kappa shape index (κ2) is 5.36. The van der Waals surface area contributed by atoms with Gasteiger partial charge < -0.3 is 15.8 Å². The van der Waals surface area contributed by atoms with Crippen LogP contribution in [0.1, 0.15) is 5.56 Å². The summed E-state index contributed by atoms with van der Waals surface area (Å²) < 4.78 is 4.69. The van der Waals surface area contributed by atoms with Crippen molar-refractivity contribution in [3.05, 3.63) is 29.8 Å². The SMILES string of the molecule is COCC(=O)Nc1ccc(CN)cc1. The molecule has 4 heteroatoms. The molecule has 0 aliphatic carbocycles. The fraction of sp³-hybridized carbons (Fsp3) is 0.300. The first kappa shape index (κ1) is 10.7. The quantitative estimate of drug-likeness (QED) is 0.742. The van der Waals surface area contributed by atoms with Gasteiger partial charge in [0, 0.05) is 19.3 Å². The summed E-state index contributed by atoms with van der Waals surface area (Å²) in [6.45, 7) is 0.574. The van der Waals surface area contributed by atoms with Gasteiger partial charge in [-0.05, 0) is 17.7 Å². The van der Waals surface area contributed by atoms with Gasteiger partial charge in [0.25, 0.3) is 0 Å². The van der Waals surface area contributed by atoms with E-state index in [0.717, 1.165) is 11.3 Å². The lowest BCUT2D eigenvalue weighted by molar-refractivity contribution is -0.119. The van der Waals surface area contributed by atoms with Crippen LogP contribution in [0.25, 0.3) is 0 Å². The lowest BCUT2D eigenvalue weighted by atomic mass is 10.2. The minimum absolute atomic E-state index is 0.0681. The Kier molecular flexibility index (Phi) is 4.10. The van der Waals surface area contributed by atoms with Crippen LogP contribution in [0.15, 0.2) is 24.3 Å². The van der Waals surface area contributed by atoms with Crippen LogP contribution in [-0.4, -0.2) is 19.6 Å². The molecule has 4 nitrogen and oxygen atoms in total. The second-order valence-corrected chi connectivity index (χ2v) is 2.88. The van der Waals surface area contributed by atoms with Gasteiger partial charge in [0.15, 0.2) is 0 Å². The molecular weight excluding hydrogens is 180 g/mol. The summed E-state index contributed by atoms with van der Waals surface area (Å²) in [6.07, 6.45) is 0. The predicted molar refractivity (Wildman–Crippen MR) is 54.8 cm³/mol. The fourth-order valence-corrected chi connectivity index (χ4v) is 1.05. The lowest BCUT2D eigenvalue weighted by Crippen LogP contribution is -2.17. The molecule has 14 heavy (non-hydrogen) atoms. The summed E-state index contributed by atoms with van der Waals surface area (Å²) in [6, 6.07) is 7.39. The van der Waals surface area contributed by atoms with E-state index in [1.54, 1.807) is 0 Å². The van der Waals surface area contributed by atoms with E-state index in [-0.39, 0.29) is 12.5 Å². The van der Waals surface area contributed by atoms with E-state index in [2.05, 4.69) is 10.1 Å². The highest BCUT2D eigenvalue weighted by atomic mass is 16.5. The standard InChI is InChI=1S/C10H14N2O2/c1-14-7-10(13)12-9-4-2-8(6-11)3-5-9/h2-5H,6-7,11H2,1H3,(H,12,13). The van der Waals surface area contributed by atoms with Crippen LogP contribution in [0.4, 0.5) is 5.69 Å². The van der Waals surface area contributed by atoms with Crippen molar-refractivity contribution in [2.24, 2.45) is 5.73 Å². The summed E-state index contributed by atoms with van der Waals surface area (Å²) >= 11 is 0. The van der Waals surface area contributed by atoms with E-state index in [0.29, 0.717) is 6.54 Å². The van der Waals surface area contributed by atoms with Crippen molar-refractivity contribution < 1.29 is 9.53 Å². The topological polar surface area (TPSA) is 64.3 Å². The maximum absolute atomic E-state index is 11.1. The molecule has 0 aliphatic heterocycles. The van der Waals surface area contributed by atoms with Crippen LogP contribution in [0.5, 0.6) is 0 Å². The molecule has 0 aliphatic rings. The molecule has 0 radical (unpaired) electrons. The number of hydrogen-bond donors (Lipinski definition) is 2. The first-order valence-electron chi connectivity index (χ1n) is 4.34. The Morgan fingerprint density at radius 3 is 2.57 bits per heavy atom. The molecule has 0 atom stereocenters. The van der Waals surface area contributed by atoms with E-state index in [1.807, 2.05) is 24.3 Å². The molecule has 0 bridgehead atoms. The minimum Gasteiger partial charge on any atom is -0.375 e. The van der Waals surface area contributed by atoms with Crippen molar-refractivity contribution in [3.63, 3.8) is 0 Å². The van der Waals surface area contributed by atoms with Gasteiger partial charge in [-0.1, -0.05) is 12.1 Å². The molecule has 1 aromatic carbocycles. The number of methoxy groups -OCH3 is 1. The number of nitrogens with one attached hydrogen (secondary N) is 1. The molecule has 0 saturated carbocycles. The van der Waals surface area contributed by atoms with Gasteiger partial charge in [-0.3, -0.25) is 4.79 Å². The summed E-state index contributed by atoms with van der Waals surface area (Å²) in [7, 11) is 1.48. The maximum atomic E-state index is 11.1. The molecule has 0 aromatic heterocycles. The number of ether oxygens (including phenoxy) is 1. The third-order valence-electron chi connectivity index (χ3n) is 1.75. The summed E-state index contributed by atoms with van der Waals surface area (Å²) in [5.41, 5.74) is 7.23. The average Bonchev–Trinajstić information content (AvgIpc) is 2.19. The number of carbonyl (C=O) groups is 1. The highest BCUT2D eigenvalue weighted by molar-refractivity contribution is 5.91. The van der Waals surface area contributed by atoms with Gasteiger partial charge in [0.1, 0.15) is 6.61 Å². The number of benzene rings is 1. The van der Waals surface area contributed by atoms with Gasteiger partial charge >= 0.3 is 0 Å². The van der Waals surface area contributed by atoms with Crippen molar-refractivity contribution >= 4 is 11.6 Å². The van der Waals surface area contributed by atoms with Gasteiger partial charge in [-0.15, -0.1) is 0 Å². The minimum atomic E-state index is -0.159. The van der Waals surface area contributed by atoms with Crippen molar-refractivity contribution in [2.45, 2.75) is 6.54 Å². The van der Waals surface area contributed by atoms with E-state index in [9.17, 15) is 4.79 Å². The van der Waals surface area contributed by atoms with E-state index in [4.69, 9.17) is 5.73 Å². The molecule has 0 heterocycles. The number of carbonyl (C=O) groups excluding carboxylic acids is 1. The molecule has 1 rings (SSSR count). The number of nitrogens with two attached hydrogens (primary N) is 1. The monoisotopic (exact) mass is 194 g/mol. The Bertz CT molecular complexity index is 295. The predicted octanol–water partition coefficient (Wildman–Crippen LogP) is 0.730. The molecule has 0 unspecified atom stereocenters. The van der Waals surface area contributed by atoms with Crippen LogP contribution in [0, 0.1) is 0 Å². The average molecular weight is 194 g/mol. The summed E-state index contributed by atoms with van der Waals surface area (Å²) in [5, 5.41) is 2.69. The first-order chi connectivity index (χ1) is 6.76. The Morgan fingerprint density at radius 1 is 1.43 bits per heavy atom. The zero-order valence-corrected chi connectivity index (χ0v) is 8.12. The van der Waals surface area contributed by atoms with Crippen molar-refractivity contribution in [3.8, 4) is 0 Å². The Hall–Kier alpha value is -1.39. The molecule has 3 N–H and O–H groups in total. The molecule has 1 aromatic rings. The molecule has 76 valence electrons. The zero-order chi connectivity index (χ0) is 10.4. The van der Waals surface area contributed by atoms with Crippen molar-refractivity contribution in [1.82, 2.24) is 0 Å². The Balaban J connectivity index is 2.55. The normalized spacial score (nSPS) is 9.86. The van der Waals surface area contributed by atoms with Gasteiger partial charge in [-0.25, -0.2) is 0 Å². The van der Waals surface area contributed by atoms with Gasteiger partial charge in [0.2, 0.25) is 5.91 Å². The van der Waals surface area contributed by atoms with Crippen LogP contribution in [-0.2, 0) is 16.1 Å². The highest BCUT2D eigenvalue weighted by Crippen LogP contribution is 2.08. The van der Waals surface area contributed by atoms with Gasteiger partial charge in [-0.2, -0.15) is 0 Å². The van der Waals surface area contributed by atoms with E-state index >= 15 is 0 Å². The third kappa shape index (κ3) is 3.16. The number of amides is 1. The second-order valence-electron chi connectivity index (χ2n) is 2.88. The maximum Gasteiger partial charge on any atom is 0.250 e. The molecular formula is C10H14N2O2. The lowest BCUT2D eigenvalue weighted by Gasteiger charge is -2.04. The highest BCUT2D eigenvalue weighted by Gasteiger charge is 2.00. The molecule has 0 fully saturated rings. The van der Waals surface area contributed by atoms with Crippen molar-refractivity contribution in [1.29, 1.82) is 0 Å². The number of rotatable bonds is 4. The van der Waals surface area contributed by atoms with Crippen LogP contribution in [0.2, 0.25) is 0 Å². The van der Waals surface area contributed by atoms with E-state index in [1.165, 1.54) is 7.11 Å². The fourth-order valence-electron chi connectivity index (χ4n) is 1.05. The molecule has 0 spiro atoms. The summed E-state index contributed by atoms with van der Waals surface area (Å²) in [4.78, 5) is 11.1.